The smallest absolute Gasteiger partial charge is 0.266 e. The van der Waals surface area contributed by atoms with Gasteiger partial charge in [0.25, 0.3) is 23.6 Å². The molecular weight excluding hydrogens is 348 g/mol. The quantitative estimate of drug-likeness (QED) is 0.470. The van der Waals surface area contributed by atoms with Crippen LogP contribution in [-0.4, -0.2) is 46.3 Å². The molecule has 0 unspecified atom stereocenters. The van der Waals surface area contributed by atoms with E-state index < -0.39 is 23.6 Å². The van der Waals surface area contributed by atoms with E-state index in [0.717, 1.165) is 9.80 Å². The number of hydrogen-bond donors (Lipinski definition) is 0. The molecular formula is C20H12N2O5. The number of rotatable bonds is 4. The number of aldehydes is 1. The van der Waals surface area contributed by atoms with Crippen LogP contribution in [0.1, 0.15) is 41.4 Å². The minimum atomic E-state index is -0.615. The molecule has 0 saturated heterocycles. The lowest BCUT2D eigenvalue weighted by molar-refractivity contribution is -0.105. The lowest BCUT2D eigenvalue weighted by Crippen LogP contribution is -2.33. The van der Waals surface area contributed by atoms with Crippen LogP contribution in [0.2, 0.25) is 0 Å². The number of imide groups is 2. The van der Waals surface area contributed by atoms with Crippen molar-refractivity contribution in [3.8, 4) is 0 Å². The van der Waals surface area contributed by atoms with Crippen molar-refractivity contribution in [2.45, 2.75) is 0 Å². The van der Waals surface area contributed by atoms with Crippen molar-refractivity contribution < 1.29 is 24.0 Å². The molecule has 7 nitrogen and oxygen atoms in total. The van der Waals surface area contributed by atoms with Gasteiger partial charge in [0, 0.05) is 6.54 Å². The molecule has 27 heavy (non-hydrogen) atoms. The molecule has 0 aromatic heterocycles. The van der Waals surface area contributed by atoms with Crippen molar-refractivity contribution in [2.75, 3.05) is 6.54 Å². The molecule has 0 atom stereocenters. The fourth-order valence-electron chi connectivity index (χ4n) is 3.21. The zero-order valence-corrected chi connectivity index (χ0v) is 13.9. The van der Waals surface area contributed by atoms with Crippen molar-refractivity contribution in [2.24, 2.45) is 0 Å². The molecule has 0 spiro atoms. The van der Waals surface area contributed by atoms with E-state index in [4.69, 9.17) is 0 Å². The van der Waals surface area contributed by atoms with Crippen molar-refractivity contribution >= 4 is 29.9 Å². The van der Waals surface area contributed by atoms with Crippen LogP contribution in [0.25, 0.3) is 0 Å². The number of allylic oxidation sites excluding steroid dienone is 1. The van der Waals surface area contributed by atoms with Gasteiger partial charge < -0.3 is 0 Å². The van der Waals surface area contributed by atoms with E-state index in [-0.39, 0.29) is 34.5 Å². The average molecular weight is 360 g/mol. The van der Waals surface area contributed by atoms with Gasteiger partial charge in [0.05, 0.1) is 28.0 Å². The minimum Gasteiger partial charge on any atom is -0.296 e. The SMILES string of the molecule is O=CC(=CCN1C(=O)c2ccccc2C1=O)N1C(=O)c2ccccc2C1=O. The summed E-state index contributed by atoms with van der Waals surface area (Å²) >= 11 is 0. The Bertz CT molecular complexity index is 1000. The summed E-state index contributed by atoms with van der Waals surface area (Å²) in [5, 5.41) is 0. The fraction of sp³-hybridized carbons (Fsp3) is 0.0500. The van der Waals surface area contributed by atoms with Gasteiger partial charge in [-0.1, -0.05) is 24.3 Å². The monoisotopic (exact) mass is 360 g/mol. The van der Waals surface area contributed by atoms with Gasteiger partial charge in [0.2, 0.25) is 0 Å². The summed E-state index contributed by atoms with van der Waals surface area (Å²) in [4.78, 5) is 62.9. The maximum Gasteiger partial charge on any atom is 0.266 e. The van der Waals surface area contributed by atoms with Crippen molar-refractivity contribution in [1.29, 1.82) is 0 Å². The molecule has 0 radical (unpaired) electrons. The van der Waals surface area contributed by atoms with Crippen LogP contribution in [0.5, 0.6) is 0 Å². The maximum atomic E-state index is 12.5. The van der Waals surface area contributed by atoms with Crippen LogP contribution in [0.4, 0.5) is 0 Å². The summed E-state index contributed by atoms with van der Waals surface area (Å²) in [5.74, 6) is -2.20. The molecule has 4 rings (SSSR count). The molecule has 2 heterocycles. The molecule has 0 saturated carbocycles. The van der Waals surface area contributed by atoms with Gasteiger partial charge in [-0.15, -0.1) is 0 Å². The van der Waals surface area contributed by atoms with Crippen LogP contribution in [0.3, 0.4) is 0 Å². The first kappa shape index (κ1) is 16.6. The minimum absolute atomic E-state index is 0.205. The summed E-state index contributed by atoms with van der Waals surface area (Å²) in [6.45, 7) is -0.228. The summed E-state index contributed by atoms with van der Waals surface area (Å²) in [5.41, 5.74) is 0.762. The van der Waals surface area contributed by atoms with E-state index in [0.29, 0.717) is 6.29 Å². The van der Waals surface area contributed by atoms with Gasteiger partial charge >= 0.3 is 0 Å². The Labute approximate surface area is 153 Å². The zero-order chi connectivity index (χ0) is 19.1. The highest BCUT2D eigenvalue weighted by atomic mass is 16.2. The van der Waals surface area contributed by atoms with E-state index in [1.165, 1.54) is 18.2 Å². The lowest BCUT2D eigenvalue weighted by Gasteiger charge is -2.15. The summed E-state index contributed by atoms with van der Waals surface area (Å²) in [6, 6.07) is 12.6. The molecule has 2 aliphatic rings. The van der Waals surface area contributed by atoms with E-state index in [1.807, 2.05) is 0 Å². The lowest BCUT2D eigenvalue weighted by atomic mass is 10.1. The second-order valence-corrected chi connectivity index (χ2v) is 6.00. The highest BCUT2D eigenvalue weighted by Crippen LogP contribution is 2.26. The van der Waals surface area contributed by atoms with E-state index in [1.54, 1.807) is 36.4 Å². The molecule has 2 aromatic rings. The summed E-state index contributed by atoms with van der Waals surface area (Å²) in [6.07, 6.45) is 1.59. The predicted octanol–water partition coefficient (Wildman–Crippen LogP) is 1.66. The third-order valence-electron chi connectivity index (χ3n) is 4.53. The van der Waals surface area contributed by atoms with Crippen LogP contribution >= 0.6 is 0 Å². The first-order chi connectivity index (χ1) is 13.0. The van der Waals surface area contributed by atoms with Gasteiger partial charge in [-0.25, -0.2) is 4.90 Å². The third-order valence-corrected chi connectivity index (χ3v) is 4.53. The molecule has 2 aliphatic heterocycles. The Hall–Kier alpha value is -3.87. The number of nitrogens with zero attached hydrogens (tertiary/aromatic N) is 2. The van der Waals surface area contributed by atoms with Gasteiger partial charge in [-0.2, -0.15) is 0 Å². The van der Waals surface area contributed by atoms with Crippen molar-refractivity contribution in [3.63, 3.8) is 0 Å². The Balaban J connectivity index is 1.62. The van der Waals surface area contributed by atoms with Crippen LogP contribution in [-0.2, 0) is 4.79 Å². The average Bonchev–Trinajstić information content (AvgIpc) is 3.09. The van der Waals surface area contributed by atoms with Gasteiger partial charge in [-0.05, 0) is 30.3 Å². The number of fused-ring (bicyclic) bond motifs is 2. The zero-order valence-electron chi connectivity index (χ0n) is 13.9. The highest BCUT2D eigenvalue weighted by molar-refractivity contribution is 6.24. The molecule has 2 aromatic carbocycles. The van der Waals surface area contributed by atoms with E-state index in [2.05, 4.69) is 0 Å². The molecule has 132 valence electrons. The third kappa shape index (κ3) is 2.40. The van der Waals surface area contributed by atoms with E-state index in [9.17, 15) is 24.0 Å². The van der Waals surface area contributed by atoms with Gasteiger partial charge in [0.1, 0.15) is 0 Å². The standard InChI is InChI=1S/C20H12N2O5/c23-11-12(22-19(26)15-7-3-4-8-16(15)20(22)27)9-10-21-17(24)13-5-1-2-6-14(13)18(21)25/h1-9,11H,10H2. The van der Waals surface area contributed by atoms with Gasteiger partial charge in [-0.3, -0.25) is 28.9 Å². The molecule has 0 aliphatic carbocycles. The first-order valence-corrected chi connectivity index (χ1v) is 8.13. The summed E-state index contributed by atoms with van der Waals surface area (Å²) < 4.78 is 0. The van der Waals surface area contributed by atoms with Crippen molar-refractivity contribution in [3.05, 3.63) is 82.6 Å². The fourth-order valence-corrected chi connectivity index (χ4v) is 3.21. The number of hydrogen-bond acceptors (Lipinski definition) is 5. The van der Waals surface area contributed by atoms with E-state index >= 15 is 0 Å². The van der Waals surface area contributed by atoms with Crippen LogP contribution in [0.15, 0.2) is 60.3 Å². The second-order valence-electron chi connectivity index (χ2n) is 6.00. The number of benzene rings is 2. The molecule has 0 fully saturated rings. The second kappa shape index (κ2) is 6.14. The largest absolute Gasteiger partial charge is 0.296 e. The predicted molar refractivity (Wildman–Crippen MR) is 92.9 cm³/mol. The normalized spacial score (nSPS) is 16.1. The van der Waals surface area contributed by atoms with Crippen molar-refractivity contribution in [1.82, 2.24) is 9.80 Å². The Morgan fingerprint density at radius 3 is 1.52 bits per heavy atom. The molecule has 7 heteroatoms. The molecule has 0 N–H and O–H groups in total. The molecule has 4 amide bonds. The number of carbonyl (C=O) groups is 5. The van der Waals surface area contributed by atoms with Crippen LogP contribution < -0.4 is 0 Å². The Morgan fingerprint density at radius 2 is 1.11 bits per heavy atom. The van der Waals surface area contributed by atoms with Gasteiger partial charge in [0.15, 0.2) is 6.29 Å². The topological polar surface area (TPSA) is 91.8 Å². The first-order valence-electron chi connectivity index (χ1n) is 8.13. The number of carbonyl (C=O) groups excluding carboxylic acids is 5. The Kier molecular flexibility index (Phi) is 3.77. The number of amides is 4. The molecule has 0 bridgehead atoms. The summed E-state index contributed by atoms with van der Waals surface area (Å²) in [7, 11) is 0. The highest BCUT2D eigenvalue weighted by Gasteiger charge is 2.38. The Morgan fingerprint density at radius 1 is 0.704 bits per heavy atom. The van der Waals surface area contributed by atoms with Crippen LogP contribution in [0, 0.1) is 0 Å². The maximum absolute atomic E-state index is 12.5.